The summed E-state index contributed by atoms with van der Waals surface area (Å²) in [6.45, 7) is 1.33. The molecule has 0 saturated carbocycles. The van der Waals surface area contributed by atoms with Gasteiger partial charge in [0.25, 0.3) is 17.6 Å². The number of nitrogens with one attached hydrogen (secondary N) is 7. The van der Waals surface area contributed by atoms with Crippen molar-refractivity contribution < 1.29 is 37.7 Å². The molecule has 3 aliphatic heterocycles. The van der Waals surface area contributed by atoms with E-state index >= 15 is 0 Å². The minimum Gasteiger partial charge on any atom is -0.341 e. The van der Waals surface area contributed by atoms with Crippen LogP contribution in [-0.4, -0.2) is 59.1 Å². The van der Waals surface area contributed by atoms with Gasteiger partial charge in [-0.25, -0.2) is 15.0 Å². The molecule has 0 fully saturated rings. The predicted molar refractivity (Wildman–Crippen MR) is 260 cm³/mol. The Morgan fingerprint density at radius 2 is 0.985 bits per heavy atom. The van der Waals surface area contributed by atoms with E-state index in [1.165, 1.54) is 0 Å². The van der Waals surface area contributed by atoms with Crippen molar-refractivity contribution in [3.05, 3.63) is 180 Å². The minimum atomic E-state index is -0.536. The Morgan fingerprint density at radius 3 is 1.58 bits per heavy atom. The average molecular weight is 973 g/mol. The number of ketones is 1. The van der Waals surface area contributed by atoms with E-state index in [9.17, 15) is 19.2 Å². The Kier molecular flexibility index (Phi) is 16.2. The molecule has 0 spiro atoms. The van der Waals surface area contributed by atoms with Gasteiger partial charge >= 0.3 is 0 Å². The van der Waals surface area contributed by atoms with E-state index in [1.54, 1.807) is 24.3 Å². The third-order valence-electron chi connectivity index (χ3n) is 10.4. The van der Waals surface area contributed by atoms with E-state index in [4.69, 9.17) is 5.73 Å². The van der Waals surface area contributed by atoms with Gasteiger partial charge in [0.15, 0.2) is 0 Å². The van der Waals surface area contributed by atoms with Gasteiger partial charge in [0.1, 0.15) is 29.2 Å². The van der Waals surface area contributed by atoms with E-state index < -0.39 is 11.7 Å². The Morgan fingerprint density at radius 1 is 0.522 bits per heavy atom. The van der Waals surface area contributed by atoms with Gasteiger partial charge in [-0.3, -0.25) is 29.5 Å². The fraction of sp³-hybridized carbons (Fsp3) is 0.0833. The molecule has 1 atom stereocenters. The van der Waals surface area contributed by atoms with Crippen molar-refractivity contribution in [2.24, 2.45) is 10.7 Å². The second-order valence-corrected chi connectivity index (χ2v) is 14.7. The smallest absolute Gasteiger partial charge is 0.296 e. The van der Waals surface area contributed by atoms with Crippen LogP contribution in [0.2, 0.25) is 0 Å². The summed E-state index contributed by atoms with van der Waals surface area (Å²) < 4.78 is 0. The summed E-state index contributed by atoms with van der Waals surface area (Å²) in [5.74, 6) is 1.26. The number of Topliss-reactive ketones (excluding diaryl/α,β-unsaturated/α-hetero) is 1. The number of H-pyrrole nitrogens is 3. The fourth-order valence-corrected chi connectivity index (χ4v) is 7.39. The molecule has 1 unspecified atom stereocenters. The number of aromatic nitrogens is 6. The number of fused-ring (bicyclic) bond motifs is 6. The van der Waals surface area contributed by atoms with Crippen molar-refractivity contribution in [2.45, 2.75) is 25.7 Å². The molecule has 12 rings (SSSR count). The summed E-state index contributed by atoms with van der Waals surface area (Å²) >= 11 is 0. The van der Waals surface area contributed by atoms with Crippen LogP contribution >= 0.6 is 24.8 Å². The molecule has 1 radical (unpaired) electrons. The first-order valence-electron chi connectivity index (χ1n) is 20.4. The van der Waals surface area contributed by atoms with E-state index in [0.717, 1.165) is 73.1 Å². The van der Waals surface area contributed by atoms with Crippen molar-refractivity contribution in [2.75, 3.05) is 16.0 Å². The van der Waals surface area contributed by atoms with Gasteiger partial charge in [0.05, 0.1) is 69.7 Å². The van der Waals surface area contributed by atoms with Gasteiger partial charge < -0.3 is 36.6 Å². The first-order chi connectivity index (χ1) is 31.3. The number of benzene rings is 6. The molecule has 16 nitrogen and oxygen atoms in total. The van der Waals surface area contributed by atoms with E-state index in [-0.39, 0.29) is 61.2 Å². The number of aromatic amines is 3. The zero-order chi connectivity index (χ0) is 44.0. The second-order valence-electron chi connectivity index (χ2n) is 14.7. The molecule has 0 saturated heterocycles. The Balaban J connectivity index is 0.000000151. The SMILES string of the molecule is Cl.Cl.NCc1nc2ccccc2[nH]1.O=C1Nc2ccccc2C1=NCc1nc2ccccc2[nH]1.O=C1Nc2ccccc2C1=O.O=C1Nc2ccccc2C1NCc1nc2ccccc2[nH]1.[V]. The normalized spacial score (nSPS) is 14.3. The van der Waals surface area contributed by atoms with Gasteiger partial charge in [0, 0.05) is 35.4 Å². The molecular weight excluding hydrogens is 930 g/mol. The first kappa shape index (κ1) is 49.0. The maximum absolute atomic E-state index is 12.0. The fourth-order valence-electron chi connectivity index (χ4n) is 7.39. The summed E-state index contributed by atoms with van der Waals surface area (Å²) in [4.78, 5) is 72.9. The number of nitrogens with zero attached hydrogens (tertiary/aromatic N) is 4. The van der Waals surface area contributed by atoms with Crippen LogP contribution < -0.4 is 27.0 Å². The molecule has 3 aliphatic rings. The third-order valence-corrected chi connectivity index (χ3v) is 10.4. The van der Waals surface area contributed by atoms with Gasteiger partial charge in [0.2, 0.25) is 5.91 Å². The minimum absolute atomic E-state index is 0. The van der Waals surface area contributed by atoms with Crippen LogP contribution in [0, 0.1) is 0 Å². The molecule has 337 valence electrons. The van der Waals surface area contributed by atoms with Crippen molar-refractivity contribution in [3.63, 3.8) is 0 Å². The quantitative estimate of drug-likeness (QED) is 0.0767. The summed E-state index contributed by atoms with van der Waals surface area (Å²) in [7, 11) is 0. The van der Waals surface area contributed by atoms with Gasteiger partial charge in [-0.1, -0.05) is 84.9 Å². The maximum atomic E-state index is 12.0. The van der Waals surface area contributed by atoms with Gasteiger partial charge in [-0.2, -0.15) is 0 Å². The number of halogens is 2. The number of imidazole rings is 3. The Bertz CT molecular complexity index is 3160. The molecule has 0 bridgehead atoms. The van der Waals surface area contributed by atoms with Crippen LogP contribution in [0.3, 0.4) is 0 Å². The van der Waals surface area contributed by atoms with E-state index in [1.807, 2.05) is 121 Å². The molecule has 19 heteroatoms. The summed E-state index contributed by atoms with van der Waals surface area (Å²) in [6.07, 6.45) is 0. The topological polar surface area (TPSA) is 241 Å². The molecule has 6 heterocycles. The summed E-state index contributed by atoms with van der Waals surface area (Å²) in [5.41, 5.74) is 16.3. The first-order valence-corrected chi connectivity index (χ1v) is 20.4. The number of para-hydroxylation sites is 9. The zero-order valence-corrected chi connectivity index (χ0v) is 38.3. The number of hydrogen-bond acceptors (Lipinski definition) is 10. The van der Waals surface area contributed by atoms with Crippen LogP contribution in [0.15, 0.2) is 151 Å². The van der Waals surface area contributed by atoms with E-state index in [0.29, 0.717) is 36.6 Å². The maximum Gasteiger partial charge on any atom is 0.296 e. The van der Waals surface area contributed by atoms with Crippen LogP contribution in [0.5, 0.6) is 0 Å². The van der Waals surface area contributed by atoms with Crippen LogP contribution in [-0.2, 0) is 52.6 Å². The zero-order valence-electron chi connectivity index (χ0n) is 35.3. The molecule has 67 heavy (non-hydrogen) atoms. The monoisotopic (exact) mass is 971 g/mol. The second kappa shape index (κ2) is 22.2. The summed E-state index contributed by atoms with van der Waals surface area (Å²) in [6, 6.07) is 45.4. The van der Waals surface area contributed by atoms with Crippen molar-refractivity contribution in [3.8, 4) is 0 Å². The number of rotatable bonds is 6. The standard InChI is InChI=1S/C16H14N4O.C16H12N4O.C8H9N3.C8H5NO2.2ClH.V/c2*21-16-15(10-5-1-2-6-11(10)20-16)17-9-14-18-12-7-3-4-8-13(12)19-14;9-5-8-10-6-3-1-2-4-7(6)11-8;10-7-5-3-1-2-4-6(5)9-8(7)11;;;/h1-8,15,17H,9H2,(H,18,19)(H,20,21);1-8H,9H2,(H,18,19)(H,17,20,21);1-4H,5,9H2,(H,10,11);1-4H,(H,9,10,11);2*1H;. The number of hydrogen-bond donors (Lipinski definition) is 8. The average Bonchev–Trinajstić information content (AvgIpc) is 4.18. The van der Waals surface area contributed by atoms with Gasteiger partial charge in [-0.15, -0.1) is 24.8 Å². The number of carbonyl (C=O) groups is 4. The van der Waals surface area contributed by atoms with Crippen molar-refractivity contribution in [1.82, 2.24) is 35.2 Å². The molecule has 3 amide bonds. The number of carbonyl (C=O) groups excluding carboxylic acids is 4. The van der Waals surface area contributed by atoms with Crippen molar-refractivity contribution >= 4 is 104 Å². The number of anilines is 3. The Labute approximate surface area is 407 Å². The summed E-state index contributed by atoms with van der Waals surface area (Å²) in [5, 5.41) is 11.4. The molecule has 9 N–H and O–H groups in total. The number of aliphatic imine (C=N–C) groups is 1. The Hall–Kier alpha value is -7.44. The third kappa shape index (κ3) is 11.0. The molecule has 6 aromatic carbocycles. The largest absolute Gasteiger partial charge is 0.341 e. The van der Waals surface area contributed by atoms with Crippen molar-refractivity contribution in [1.29, 1.82) is 0 Å². The molecule has 9 aromatic rings. The van der Waals surface area contributed by atoms with Gasteiger partial charge in [-0.05, 0) is 60.7 Å². The molecule has 3 aromatic heterocycles. The van der Waals surface area contributed by atoms with Crippen LogP contribution in [0.1, 0.15) is 45.0 Å². The number of amides is 3. The van der Waals surface area contributed by atoms with Crippen LogP contribution in [0.4, 0.5) is 17.1 Å². The molecule has 0 aliphatic carbocycles. The van der Waals surface area contributed by atoms with E-state index in [2.05, 4.69) is 56.2 Å². The molecular formula is C48H42Cl2N12O4V. The predicted octanol–water partition coefficient (Wildman–Crippen LogP) is 7.53. The van der Waals surface area contributed by atoms with Crippen LogP contribution in [0.25, 0.3) is 33.1 Å². The number of nitrogens with two attached hydrogens (primary N) is 1.